The molecule has 0 amide bonds. The minimum Gasteiger partial charge on any atom is -0.394 e. The Morgan fingerprint density at radius 2 is 1.90 bits per heavy atom. The van der Waals surface area contributed by atoms with Crippen molar-refractivity contribution >= 4 is 0 Å². The van der Waals surface area contributed by atoms with Crippen molar-refractivity contribution in [3.05, 3.63) is 11.9 Å². The van der Waals surface area contributed by atoms with Crippen LogP contribution in [0, 0.1) is 0 Å². The fraction of sp³-hybridized carbons (Fsp3) is 0.833. The van der Waals surface area contributed by atoms with Crippen molar-refractivity contribution < 1.29 is 25.2 Å². The summed E-state index contributed by atoms with van der Waals surface area (Å²) < 4.78 is 6.37. The zero-order valence-corrected chi connectivity index (χ0v) is 11.7. The molecule has 5 atom stereocenters. The van der Waals surface area contributed by atoms with Crippen LogP contribution in [0.15, 0.2) is 6.20 Å². The van der Waals surface area contributed by atoms with Crippen LogP contribution in [0.25, 0.3) is 0 Å². The Morgan fingerprint density at radius 3 is 2.40 bits per heavy atom. The molecule has 20 heavy (non-hydrogen) atoms. The summed E-state index contributed by atoms with van der Waals surface area (Å²) in [6.45, 7) is 5.39. The van der Waals surface area contributed by atoms with E-state index in [2.05, 4.69) is 10.3 Å². The van der Waals surface area contributed by atoms with Crippen LogP contribution in [-0.2, 0) is 10.2 Å². The summed E-state index contributed by atoms with van der Waals surface area (Å²) >= 11 is 0. The lowest BCUT2D eigenvalue weighted by Gasteiger charge is -2.39. The molecule has 114 valence electrons. The van der Waals surface area contributed by atoms with E-state index in [4.69, 9.17) is 9.84 Å². The lowest BCUT2D eigenvalue weighted by molar-refractivity contribution is -0.265. The molecule has 0 radical (unpaired) electrons. The van der Waals surface area contributed by atoms with Gasteiger partial charge in [-0.3, -0.25) is 0 Å². The highest BCUT2D eigenvalue weighted by atomic mass is 16.6. The van der Waals surface area contributed by atoms with Gasteiger partial charge in [0.1, 0.15) is 24.4 Å². The van der Waals surface area contributed by atoms with Gasteiger partial charge in [-0.1, -0.05) is 26.0 Å². The van der Waals surface area contributed by atoms with E-state index < -0.39 is 37.3 Å². The van der Waals surface area contributed by atoms with E-state index in [1.54, 1.807) is 6.20 Å². The quantitative estimate of drug-likeness (QED) is 0.525. The van der Waals surface area contributed by atoms with Gasteiger partial charge in [-0.05, 0) is 0 Å². The van der Waals surface area contributed by atoms with Crippen LogP contribution in [0.3, 0.4) is 0 Å². The Labute approximate surface area is 116 Å². The van der Waals surface area contributed by atoms with Crippen molar-refractivity contribution in [1.82, 2.24) is 15.0 Å². The van der Waals surface area contributed by atoms with E-state index in [1.807, 2.05) is 20.8 Å². The molecule has 4 N–H and O–H groups in total. The zero-order chi connectivity index (χ0) is 15.1. The minimum atomic E-state index is -1.39. The van der Waals surface area contributed by atoms with Gasteiger partial charge in [0.25, 0.3) is 0 Å². The fourth-order valence-corrected chi connectivity index (χ4v) is 2.13. The third kappa shape index (κ3) is 2.70. The molecule has 0 spiro atoms. The van der Waals surface area contributed by atoms with Crippen LogP contribution in [-0.4, -0.2) is 66.6 Å². The second-order valence-electron chi connectivity index (χ2n) is 6.05. The van der Waals surface area contributed by atoms with E-state index in [9.17, 15) is 15.3 Å². The molecule has 1 aliphatic rings. The third-order valence-corrected chi connectivity index (χ3v) is 3.45. The molecule has 1 aromatic heterocycles. The molecule has 1 aliphatic heterocycles. The maximum atomic E-state index is 10.1. The SMILES string of the molecule is CC(C)(C)c1cn([C@@H]2[C@@H](O)[C@@H](O)[C@@H](CO)O[C@H]2O)nn1. The first-order chi connectivity index (χ1) is 9.25. The molecule has 1 fully saturated rings. The van der Waals surface area contributed by atoms with E-state index >= 15 is 0 Å². The van der Waals surface area contributed by atoms with Crippen molar-refractivity contribution in [2.24, 2.45) is 0 Å². The number of ether oxygens (including phenoxy) is 1. The van der Waals surface area contributed by atoms with E-state index in [0.29, 0.717) is 5.69 Å². The number of aliphatic hydroxyl groups is 4. The summed E-state index contributed by atoms with van der Waals surface area (Å²) in [4.78, 5) is 0. The predicted molar refractivity (Wildman–Crippen MR) is 67.7 cm³/mol. The largest absolute Gasteiger partial charge is 0.394 e. The molecule has 1 aromatic rings. The van der Waals surface area contributed by atoms with E-state index in [1.165, 1.54) is 4.68 Å². The van der Waals surface area contributed by atoms with Crippen LogP contribution in [0.5, 0.6) is 0 Å². The lowest BCUT2D eigenvalue weighted by Crippen LogP contribution is -2.56. The Hall–Kier alpha value is -1.06. The van der Waals surface area contributed by atoms with Gasteiger partial charge in [-0.25, -0.2) is 4.68 Å². The number of aliphatic hydroxyl groups excluding tert-OH is 4. The van der Waals surface area contributed by atoms with Gasteiger partial charge in [-0.15, -0.1) is 5.10 Å². The number of hydrogen-bond donors (Lipinski definition) is 4. The lowest BCUT2D eigenvalue weighted by atomic mass is 9.93. The van der Waals surface area contributed by atoms with Crippen molar-refractivity contribution in [2.75, 3.05) is 6.61 Å². The summed E-state index contributed by atoms with van der Waals surface area (Å²) in [5.74, 6) is 0. The van der Waals surface area contributed by atoms with Gasteiger partial charge in [0.15, 0.2) is 6.29 Å². The van der Waals surface area contributed by atoms with Gasteiger partial charge >= 0.3 is 0 Å². The highest BCUT2D eigenvalue weighted by Crippen LogP contribution is 2.29. The van der Waals surface area contributed by atoms with Crippen molar-refractivity contribution in [1.29, 1.82) is 0 Å². The minimum absolute atomic E-state index is 0.226. The van der Waals surface area contributed by atoms with E-state index in [0.717, 1.165) is 0 Å². The molecule has 1 saturated heterocycles. The smallest absolute Gasteiger partial charge is 0.180 e. The van der Waals surface area contributed by atoms with Crippen molar-refractivity contribution in [3.8, 4) is 0 Å². The monoisotopic (exact) mass is 287 g/mol. The topological polar surface area (TPSA) is 121 Å². The van der Waals surface area contributed by atoms with Gasteiger partial charge in [0.05, 0.1) is 12.3 Å². The highest BCUT2D eigenvalue weighted by molar-refractivity contribution is 5.07. The molecule has 2 heterocycles. The molecular weight excluding hydrogens is 266 g/mol. The summed E-state index contributed by atoms with van der Waals surface area (Å²) in [6.07, 6.45) is -3.44. The molecular formula is C12H21N3O5. The average molecular weight is 287 g/mol. The molecule has 0 unspecified atom stereocenters. The summed E-state index contributed by atoms with van der Waals surface area (Å²) in [5, 5.41) is 46.8. The maximum Gasteiger partial charge on any atom is 0.180 e. The van der Waals surface area contributed by atoms with Crippen LogP contribution in [0.1, 0.15) is 32.5 Å². The normalized spacial score (nSPS) is 35.2. The molecule has 8 nitrogen and oxygen atoms in total. The van der Waals surface area contributed by atoms with Crippen LogP contribution in [0.2, 0.25) is 0 Å². The fourth-order valence-electron chi connectivity index (χ4n) is 2.13. The predicted octanol–water partition coefficient (Wildman–Crippen LogP) is -1.45. The summed E-state index contributed by atoms with van der Waals surface area (Å²) in [7, 11) is 0. The Balaban J connectivity index is 2.25. The van der Waals surface area contributed by atoms with Crippen LogP contribution < -0.4 is 0 Å². The summed E-state index contributed by atoms with van der Waals surface area (Å²) in [6, 6.07) is -0.976. The van der Waals surface area contributed by atoms with Crippen molar-refractivity contribution in [2.45, 2.75) is 56.8 Å². The number of aromatic nitrogens is 3. The highest BCUT2D eigenvalue weighted by Gasteiger charge is 2.45. The Kier molecular flexibility index (Phi) is 4.12. The van der Waals surface area contributed by atoms with Gasteiger partial charge < -0.3 is 25.2 Å². The first-order valence-corrected chi connectivity index (χ1v) is 6.48. The van der Waals surface area contributed by atoms with Gasteiger partial charge in [0, 0.05) is 11.6 Å². The first kappa shape index (κ1) is 15.3. The second kappa shape index (κ2) is 5.38. The van der Waals surface area contributed by atoms with Crippen LogP contribution in [0.4, 0.5) is 0 Å². The van der Waals surface area contributed by atoms with Gasteiger partial charge in [0.2, 0.25) is 0 Å². The number of nitrogens with zero attached hydrogens (tertiary/aromatic N) is 3. The third-order valence-electron chi connectivity index (χ3n) is 3.45. The van der Waals surface area contributed by atoms with Gasteiger partial charge in [-0.2, -0.15) is 0 Å². The Bertz CT molecular complexity index is 458. The van der Waals surface area contributed by atoms with Crippen molar-refractivity contribution in [3.63, 3.8) is 0 Å². The average Bonchev–Trinajstić information content (AvgIpc) is 2.83. The standard InChI is InChI=1S/C12H21N3O5/c1-12(2,3)7-4-15(14-13-7)8-10(18)9(17)6(5-16)20-11(8)19/h4,6,8-11,16-19H,5H2,1-3H3/t6-,8-,9+,10-,11-/m1/s1. The number of rotatable bonds is 2. The van der Waals surface area contributed by atoms with E-state index in [-0.39, 0.29) is 5.41 Å². The first-order valence-electron chi connectivity index (χ1n) is 6.48. The summed E-state index contributed by atoms with van der Waals surface area (Å²) in [5.41, 5.74) is 0.464. The molecule has 0 bridgehead atoms. The second-order valence-corrected chi connectivity index (χ2v) is 6.05. The Morgan fingerprint density at radius 1 is 1.25 bits per heavy atom. The molecule has 8 heteroatoms. The zero-order valence-electron chi connectivity index (χ0n) is 11.7. The molecule has 0 saturated carbocycles. The maximum absolute atomic E-state index is 10.1. The molecule has 0 aromatic carbocycles. The molecule has 2 rings (SSSR count). The molecule has 0 aliphatic carbocycles. The number of hydrogen-bond acceptors (Lipinski definition) is 7. The van der Waals surface area contributed by atoms with Crippen LogP contribution >= 0.6 is 0 Å².